The van der Waals surface area contributed by atoms with Gasteiger partial charge in [-0.25, -0.2) is 4.39 Å². The summed E-state index contributed by atoms with van der Waals surface area (Å²) in [5, 5.41) is 10.6. The predicted octanol–water partition coefficient (Wildman–Crippen LogP) is 2.00. The Kier molecular flexibility index (Phi) is 19.6. The van der Waals surface area contributed by atoms with E-state index in [4.69, 9.17) is 35.2 Å². The first-order chi connectivity index (χ1) is 31.9. The lowest BCUT2D eigenvalue weighted by Crippen LogP contribution is -2.53. The Hall–Kier alpha value is -6.65. The number of nitrogens with zero attached hydrogens (tertiary/aromatic N) is 3. The van der Waals surface area contributed by atoms with Gasteiger partial charge in [0.15, 0.2) is 12.1 Å². The molecule has 8 N–H and O–H groups in total. The fourth-order valence-corrected chi connectivity index (χ4v) is 6.79. The third kappa shape index (κ3) is 14.4. The number of aldehydes is 1. The van der Waals surface area contributed by atoms with Crippen molar-refractivity contribution in [3.8, 4) is 11.1 Å². The number of hydrogen-bond donors (Lipinski definition) is 6. The average molecular weight is 918 g/mol. The number of pyridine rings is 1. The Morgan fingerprint density at radius 3 is 2.20 bits per heavy atom. The van der Waals surface area contributed by atoms with Crippen LogP contribution in [0, 0.1) is 12.7 Å². The molecule has 1 saturated heterocycles. The Morgan fingerprint density at radius 1 is 0.894 bits per heavy atom. The van der Waals surface area contributed by atoms with Crippen molar-refractivity contribution in [2.24, 2.45) is 10.7 Å². The lowest BCUT2D eigenvalue weighted by atomic mass is 9.93. The molecule has 1 fully saturated rings. The van der Waals surface area contributed by atoms with E-state index >= 15 is 4.39 Å². The number of hydrogen-bond acceptors (Lipinski definition) is 16. The van der Waals surface area contributed by atoms with Gasteiger partial charge in [-0.05, 0) is 42.7 Å². The minimum atomic E-state index is -0.829. The molecule has 66 heavy (non-hydrogen) atoms. The van der Waals surface area contributed by atoms with Crippen molar-refractivity contribution in [1.29, 1.82) is 0 Å². The van der Waals surface area contributed by atoms with Crippen LogP contribution in [0.4, 0.5) is 21.5 Å². The van der Waals surface area contributed by atoms with Gasteiger partial charge in [0.2, 0.25) is 23.6 Å². The summed E-state index contributed by atoms with van der Waals surface area (Å²) in [7, 11) is 1.47. The first-order valence-electron chi connectivity index (χ1n) is 21.4. The summed E-state index contributed by atoms with van der Waals surface area (Å²) >= 11 is 0. The average Bonchev–Trinajstić information content (AvgIpc) is 3.27. The number of benzene rings is 2. The number of nitrogens with two attached hydrogens (primary N) is 2. The molecular weight excluding hydrogens is 862 g/mol. The van der Waals surface area contributed by atoms with E-state index in [-0.39, 0.29) is 85.5 Å². The number of fused-ring (bicyclic) bond motifs is 1. The number of carbonyl (C=O) groups excluding carboxylic acids is 6. The lowest BCUT2D eigenvalue weighted by Gasteiger charge is -2.30. The third-order valence-corrected chi connectivity index (χ3v) is 10.4. The molecule has 3 heterocycles. The van der Waals surface area contributed by atoms with Crippen molar-refractivity contribution < 1.29 is 56.8 Å². The van der Waals surface area contributed by atoms with Crippen LogP contribution >= 0.6 is 0 Å². The van der Waals surface area contributed by atoms with Crippen LogP contribution < -0.4 is 32.7 Å². The zero-order valence-electron chi connectivity index (χ0n) is 37.0. The number of aromatic nitrogens is 1. The van der Waals surface area contributed by atoms with Crippen LogP contribution in [0.2, 0.25) is 0 Å². The summed E-state index contributed by atoms with van der Waals surface area (Å²) in [5.41, 5.74) is 16.0. The molecule has 2 aliphatic rings. The molecule has 354 valence electrons. The van der Waals surface area contributed by atoms with Gasteiger partial charge < -0.3 is 56.0 Å². The number of nitrogens with one attached hydrogen (secondary N) is 4. The van der Waals surface area contributed by atoms with Crippen LogP contribution in [0.5, 0.6) is 0 Å². The van der Waals surface area contributed by atoms with Gasteiger partial charge in [-0.15, -0.1) is 0 Å². The fourth-order valence-electron chi connectivity index (χ4n) is 6.79. The van der Waals surface area contributed by atoms with Gasteiger partial charge in [0.25, 0.3) is 5.91 Å². The van der Waals surface area contributed by atoms with Crippen molar-refractivity contribution in [2.75, 3.05) is 97.3 Å². The molecule has 0 spiro atoms. The van der Waals surface area contributed by atoms with E-state index in [2.05, 4.69) is 31.2 Å². The topological polar surface area (TPSA) is 277 Å². The second-order valence-corrected chi connectivity index (χ2v) is 15.0. The van der Waals surface area contributed by atoms with Crippen LogP contribution in [-0.2, 0) is 42.9 Å². The summed E-state index contributed by atoms with van der Waals surface area (Å²) in [6, 6.07) is 5.60. The lowest BCUT2D eigenvalue weighted by molar-refractivity contribution is -0.136. The molecule has 3 aromatic rings. The van der Waals surface area contributed by atoms with Gasteiger partial charge in [0, 0.05) is 79.8 Å². The van der Waals surface area contributed by atoms with Crippen LogP contribution in [0.25, 0.3) is 17.2 Å². The van der Waals surface area contributed by atoms with Gasteiger partial charge >= 0.3 is 0 Å². The monoisotopic (exact) mass is 917 g/mol. The molecule has 0 radical (unpaired) electrons. The van der Waals surface area contributed by atoms with Crippen molar-refractivity contribution >= 4 is 65.2 Å². The summed E-state index contributed by atoms with van der Waals surface area (Å²) in [5.74, 6) is -2.62. The van der Waals surface area contributed by atoms with Crippen molar-refractivity contribution in [2.45, 2.75) is 38.6 Å². The number of ether oxygens (including phenoxy) is 5. The Bertz CT molecular complexity index is 2290. The minimum absolute atomic E-state index is 0.0232. The van der Waals surface area contributed by atoms with Gasteiger partial charge in [-0.1, -0.05) is 12.1 Å². The number of aliphatic imine (C=N–C) groups is 1. The van der Waals surface area contributed by atoms with Gasteiger partial charge in [0.05, 0.1) is 83.5 Å². The predicted molar refractivity (Wildman–Crippen MR) is 241 cm³/mol. The number of halogens is 1. The largest absolute Gasteiger partial charge is 0.397 e. The quantitative estimate of drug-likeness (QED) is 0.0270. The molecule has 21 heteroatoms. The van der Waals surface area contributed by atoms with Crippen molar-refractivity contribution in [1.82, 2.24) is 25.8 Å². The summed E-state index contributed by atoms with van der Waals surface area (Å²) in [6.45, 7) is 5.33. The SMILES string of the molecule is Cc1c(N)cncc1-c1cc(/C=C(\N)NC(=O)CCNC(=O)CCOCCOCCOCCOCCOCCNc2cccc(C=O)c2C(=O)N(C)C2CCC(=O)NC2=O)c2c(c1F)N=C2. The molecule has 2 aliphatic heterocycles. The Labute approximate surface area is 381 Å². The summed E-state index contributed by atoms with van der Waals surface area (Å²) in [6.07, 6.45) is 7.02. The highest BCUT2D eigenvalue weighted by molar-refractivity contribution is 6.09. The number of piperidine rings is 1. The van der Waals surface area contributed by atoms with Crippen molar-refractivity contribution in [3.05, 3.63) is 76.1 Å². The molecule has 2 aromatic carbocycles. The summed E-state index contributed by atoms with van der Waals surface area (Å²) in [4.78, 5) is 83.0. The van der Waals surface area contributed by atoms with Crippen LogP contribution in [0.1, 0.15) is 63.1 Å². The number of nitrogen functional groups attached to an aromatic ring is 1. The normalized spacial score (nSPS) is 14.2. The third-order valence-electron chi connectivity index (χ3n) is 10.4. The zero-order chi connectivity index (χ0) is 47.4. The van der Waals surface area contributed by atoms with Crippen LogP contribution in [0.15, 0.2) is 47.5 Å². The van der Waals surface area contributed by atoms with E-state index in [0.717, 1.165) is 0 Å². The molecule has 5 amide bonds. The maximum absolute atomic E-state index is 15.2. The maximum atomic E-state index is 15.2. The Balaban J connectivity index is 0.830. The van der Waals surface area contributed by atoms with Gasteiger partial charge in [-0.2, -0.15) is 0 Å². The fraction of sp³-hybridized carbons (Fsp3) is 0.422. The number of carbonyl (C=O) groups is 6. The van der Waals surface area contributed by atoms with Crippen molar-refractivity contribution in [3.63, 3.8) is 0 Å². The molecule has 20 nitrogen and oxygen atoms in total. The first kappa shape index (κ1) is 50.4. The standard InChI is InChI=1S/C45H56FN9O11/c1-28-32(24-49-26-34(28)47)31-22-30(33-25-52-43(33)42(31)46)23-37(48)53-40(59)8-10-51-38(57)9-12-62-14-16-64-18-20-66-21-19-65-17-15-63-13-11-50-35-5-3-4-29(27-56)41(35)45(61)55(2)36-6-7-39(58)54-44(36)60/h3-5,22-27,36,50H,6-21,47-48H2,1-2H3,(H,51,57)(H,53,59)(H,54,58,60)/b37-23+. The highest BCUT2D eigenvalue weighted by atomic mass is 19.1. The second-order valence-electron chi connectivity index (χ2n) is 15.0. The number of imide groups is 1. The van der Waals surface area contributed by atoms with E-state index in [1.165, 1.54) is 42.7 Å². The maximum Gasteiger partial charge on any atom is 0.257 e. The van der Waals surface area contributed by atoms with E-state index in [1.54, 1.807) is 25.1 Å². The highest BCUT2D eigenvalue weighted by Gasteiger charge is 2.34. The van der Waals surface area contributed by atoms with E-state index in [0.29, 0.717) is 99.3 Å². The molecule has 0 saturated carbocycles. The molecular formula is C45H56FN9O11. The van der Waals surface area contributed by atoms with Gasteiger partial charge in [0.1, 0.15) is 17.6 Å². The smallest absolute Gasteiger partial charge is 0.257 e. The molecule has 5 rings (SSSR count). The number of likely N-dealkylation sites (N-methyl/N-ethyl adjacent to an activating group) is 1. The number of anilines is 2. The first-order valence-corrected chi connectivity index (χ1v) is 21.4. The van der Waals surface area contributed by atoms with E-state index < -0.39 is 29.6 Å². The van der Waals surface area contributed by atoms with E-state index in [9.17, 15) is 28.8 Å². The molecule has 0 aliphatic carbocycles. The summed E-state index contributed by atoms with van der Waals surface area (Å²) < 4.78 is 42.8. The van der Waals surface area contributed by atoms with Gasteiger partial charge in [-0.3, -0.25) is 44.1 Å². The molecule has 1 atom stereocenters. The molecule has 0 bridgehead atoms. The van der Waals surface area contributed by atoms with E-state index in [1.807, 2.05) is 0 Å². The minimum Gasteiger partial charge on any atom is -0.397 e. The molecule has 1 aromatic heterocycles. The van der Waals surface area contributed by atoms with Crippen LogP contribution in [-0.4, -0.2) is 144 Å². The van der Waals surface area contributed by atoms with Crippen LogP contribution in [0.3, 0.4) is 0 Å². The second kappa shape index (κ2) is 25.7. The molecule has 1 unspecified atom stereocenters. The Morgan fingerprint density at radius 2 is 1.56 bits per heavy atom. The highest BCUT2D eigenvalue weighted by Crippen LogP contribution is 2.40. The zero-order valence-corrected chi connectivity index (χ0v) is 37.0. The number of amides is 5. The number of rotatable bonds is 28.